The van der Waals surface area contributed by atoms with Crippen molar-refractivity contribution in [2.24, 2.45) is 0 Å². The van der Waals surface area contributed by atoms with Crippen LogP contribution in [-0.2, 0) is 6.42 Å². The van der Waals surface area contributed by atoms with Crippen LogP contribution in [-0.4, -0.2) is 4.92 Å². The monoisotopic (exact) mass is 354 g/mol. The molecule has 1 heterocycles. The summed E-state index contributed by atoms with van der Waals surface area (Å²) >= 11 is 3.40. The first-order valence-electron chi connectivity index (χ1n) is 7.48. The molecule has 0 saturated heterocycles. The molecular weight excluding hydrogens is 340 g/mol. The zero-order chi connectivity index (χ0) is 16.9. The van der Waals surface area contributed by atoms with Gasteiger partial charge in [-0.05, 0) is 31.0 Å². The molecule has 0 atom stereocenters. The van der Waals surface area contributed by atoms with Gasteiger partial charge in [-0.2, -0.15) is 5.26 Å². The molecular formula is C18H14N2O2S2. The number of thiophene rings is 1. The van der Waals surface area contributed by atoms with Crippen LogP contribution in [0.25, 0.3) is 10.1 Å². The Morgan fingerprint density at radius 3 is 2.62 bits per heavy atom. The van der Waals surface area contributed by atoms with Crippen LogP contribution >= 0.6 is 23.1 Å². The number of fused-ring (bicyclic) bond motifs is 1. The maximum Gasteiger partial charge on any atom is 0.269 e. The summed E-state index contributed by atoms with van der Waals surface area (Å²) in [7, 11) is 0. The van der Waals surface area contributed by atoms with Gasteiger partial charge in [-0.3, -0.25) is 10.1 Å². The molecule has 0 saturated carbocycles. The SMILES string of the molecule is N#CCCCc1sc2ccccc2c1Sc1ccc([N+](=O)[O-])cc1. The number of nitrogens with zero attached hydrogens (tertiary/aromatic N) is 2. The fraction of sp³-hybridized carbons (Fsp3) is 0.167. The highest BCUT2D eigenvalue weighted by molar-refractivity contribution is 7.99. The summed E-state index contributed by atoms with van der Waals surface area (Å²) in [5, 5.41) is 20.7. The smallest absolute Gasteiger partial charge is 0.258 e. The van der Waals surface area contributed by atoms with Crippen LogP contribution in [0.3, 0.4) is 0 Å². The largest absolute Gasteiger partial charge is 0.269 e. The average Bonchev–Trinajstić information content (AvgIpc) is 2.93. The first kappa shape index (κ1) is 16.5. The van der Waals surface area contributed by atoms with Gasteiger partial charge >= 0.3 is 0 Å². The number of nitro groups is 1. The summed E-state index contributed by atoms with van der Waals surface area (Å²) in [6.07, 6.45) is 2.27. The van der Waals surface area contributed by atoms with Gasteiger partial charge in [0.2, 0.25) is 0 Å². The van der Waals surface area contributed by atoms with Crippen LogP contribution in [0.4, 0.5) is 5.69 Å². The third-order valence-corrected chi connectivity index (χ3v) is 6.12. The van der Waals surface area contributed by atoms with Crippen molar-refractivity contribution in [1.29, 1.82) is 5.26 Å². The zero-order valence-electron chi connectivity index (χ0n) is 12.8. The lowest BCUT2D eigenvalue weighted by Gasteiger charge is -2.04. The van der Waals surface area contributed by atoms with Crippen LogP contribution in [0.1, 0.15) is 17.7 Å². The molecule has 0 radical (unpaired) electrons. The van der Waals surface area contributed by atoms with Gasteiger partial charge in [-0.15, -0.1) is 11.3 Å². The number of aryl methyl sites for hydroxylation is 1. The van der Waals surface area contributed by atoms with Crippen molar-refractivity contribution in [2.45, 2.75) is 29.1 Å². The molecule has 0 aliphatic carbocycles. The first-order valence-corrected chi connectivity index (χ1v) is 9.12. The highest BCUT2D eigenvalue weighted by atomic mass is 32.2. The van der Waals surface area contributed by atoms with E-state index in [1.165, 1.54) is 32.0 Å². The molecule has 0 aliphatic rings. The minimum absolute atomic E-state index is 0.101. The minimum atomic E-state index is -0.387. The molecule has 0 unspecified atom stereocenters. The number of non-ortho nitro benzene ring substituents is 1. The Labute approximate surface area is 147 Å². The van der Waals surface area contributed by atoms with Gasteiger partial charge in [0.05, 0.1) is 11.0 Å². The molecule has 0 bridgehead atoms. The van der Waals surface area contributed by atoms with E-state index in [-0.39, 0.29) is 10.6 Å². The van der Waals surface area contributed by atoms with Crippen LogP contribution in [0.15, 0.2) is 58.3 Å². The van der Waals surface area contributed by atoms with E-state index in [0.717, 1.165) is 17.7 Å². The Hall–Kier alpha value is -2.36. The molecule has 24 heavy (non-hydrogen) atoms. The maximum atomic E-state index is 10.8. The van der Waals surface area contributed by atoms with Crippen molar-refractivity contribution in [1.82, 2.24) is 0 Å². The number of benzene rings is 2. The summed E-state index contributed by atoms with van der Waals surface area (Å²) in [6, 6.07) is 17.1. The number of unbranched alkanes of at least 4 members (excludes halogenated alkanes) is 1. The van der Waals surface area contributed by atoms with Gasteiger partial charge < -0.3 is 0 Å². The number of rotatable bonds is 6. The van der Waals surface area contributed by atoms with E-state index in [2.05, 4.69) is 18.2 Å². The van der Waals surface area contributed by atoms with Crippen molar-refractivity contribution in [3.8, 4) is 6.07 Å². The van der Waals surface area contributed by atoms with E-state index >= 15 is 0 Å². The minimum Gasteiger partial charge on any atom is -0.258 e. The summed E-state index contributed by atoms with van der Waals surface area (Å²) in [5.74, 6) is 0. The summed E-state index contributed by atoms with van der Waals surface area (Å²) in [4.78, 5) is 13.8. The second kappa shape index (κ2) is 7.47. The molecule has 3 aromatic rings. The number of hydrogen-bond acceptors (Lipinski definition) is 5. The molecule has 0 amide bonds. The molecule has 2 aromatic carbocycles. The van der Waals surface area contributed by atoms with E-state index in [1.54, 1.807) is 35.2 Å². The van der Waals surface area contributed by atoms with Gasteiger partial charge in [0, 0.05) is 43.3 Å². The van der Waals surface area contributed by atoms with Crippen LogP contribution in [0.2, 0.25) is 0 Å². The second-order valence-electron chi connectivity index (χ2n) is 5.22. The molecule has 1 aromatic heterocycles. The molecule has 120 valence electrons. The highest BCUT2D eigenvalue weighted by Gasteiger charge is 2.14. The maximum absolute atomic E-state index is 10.8. The standard InChI is InChI=1S/C18H14N2O2S2/c19-12-4-3-7-17-18(15-5-1-2-6-16(15)24-17)23-14-10-8-13(9-11-14)20(21)22/h1-2,5-6,8-11H,3-4,7H2. The quantitative estimate of drug-likeness (QED) is 0.318. The molecule has 0 N–H and O–H groups in total. The Kier molecular flexibility index (Phi) is 5.14. The van der Waals surface area contributed by atoms with Gasteiger partial charge in [-0.25, -0.2) is 0 Å². The molecule has 4 nitrogen and oxygen atoms in total. The van der Waals surface area contributed by atoms with Crippen molar-refractivity contribution in [2.75, 3.05) is 0 Å². The van der Waals surface area contributed by atoms with E-state index < -0.39 is 0 Å². The molecule has 0 aliphatic heterocycles. The summed E-state index contributed by atoms with van der Waals surface area (Å²) < 4.78 is 1.23. The Balaban J connectivity index is 1.93. The van der Waals surface area contributed by atoms with E-state index in [4.69, 9.17) is 5.26 Å². The van der Waals surface area contributed by atoms with Crippen molar-refractivity contribution >= 4 is 38.9 Å². The number of hydrogen-bond donors (Lipinski definition) is 0. The third kappa shape index (κ3) is 3.58. The normalized spacial score (nSPS) is 10.6. The number of nitriles is 1. The molecule has 3 rings (SSSR count). The summed E-state index contributed by atoms with van der Waals surface area (Å²) in [6.45, 7) is 0. The first-order chi connectivity index (χ1) is 11.7. The van der Waals surface area contributed by atoms with Crippen LogP contribution in [0.5, 0.6) is 0 Å². The van der Waals surface area contributed by atoms with Crippen molar-refractivity contribution in [3.63, 3.8) is 0 Å². The lowest BCUT2D eigenvalue weighted by molar-refractivity contribution is -0.384. The van der Waals surface area contributed by atoms with Gasteiger partial charge in [0.15, 0.2) is 0 Å². The predicted octanol–water partition coefficient (Wildman–Crippen LogP) is 5.81. The fourth-order valence-electron chi connectivity index (χ4n) is 2.43. The third-order valence-electron chi connectivity index (χ3n) is 3.58. The van der Waals surface area contributed by atoms with Crippen molar-refractivity contribution in [3.05, 3.63) is 63.5 Å². The lowest BCUT2D eigenvalue weighted by Crippen LogP contribution is -1.87. The lowest BCUT2D eigenvalue weighted by atomic mass is 10.2. The zero-order valence-corrected chi connectivity index (χ0v) is 14.4. The topological polar surface area (TPSA) is 66.9 Å². The van der Waals surface area contributed by atoms with E-state index in [1.807, 2.05) is 12.1 Å². The van der Waals surface area contributed by atoms with E-state index in [9.17, 15) is 10.1 Å². The Morgan fingerprint density at radius 2 is 1.92 bits per heavy atom. The Bertz CT molecular complexity index is 911. The van der Waals surface area contributed by atoms with Gasteiger partial charge in [0.1, 0.15) is 0 Å². The average molecular weight is 354 g/mol. The van der Waals surface area contributed by atoms with E-state index in [0.29, 0.717) is 6.42 Å². The second-order valence-corrected chi connectivity index (χ2v) is 7.44. The van der Waals surface area contributed by atoms with Gasteiger partial charge in [-0.1, -0.05) is 30.0 Å². The Morgan fingerprint density at radius 1 is 1.17 bits per heavy atom. The van der Waals surface area contributed by atoms with Crippen molar-refractivity contribution < 1.29 is 4.92 Å². The molecule has 0 spiro atoms. The van der Waals surface area contributed by atoms with Gasteiger partial charge in [0.25, 0.3) is 5.69 Å². The molecule has 6 heteroatoms. The number of nitro benzene ring substituents is 1. The highest BCUT2D eigenvalue weighted by Crippen LogP contribution is 2.42. The van der Waals surface area contributed by atoms with Crippen LogP contribution in [0, 0.1) is 21.4 Å². The fourth-order valence-corrected chi connectivity index (χ4v) is 4.90. The molecule has 0 fully saturated rings. The summed E-state index contributed by atoms with van der Waals surface area (Å²) in [5.41, 5.74) is 0.101. The predicted molar refractivity (Wildman–Crippen MR) is 97.6 cm³/mol. The van der Waals surface area contributed by atoms with Crippen LogP contribution < -0.4 is 0 Å².